The lowest BCUT2D eigenvalue weighted by molar-refractivity contribution is -0.0722. The van der Waals surface area contributed by atoms with Crippen LogP contribution in [0.25, 0.3) is 0 Å². The van der Waals surface area contributed by atoms with E-state index in [2.05, 4.69) is 37.3 Å². The number of epoxide rings is 1. The largest absolute Gasteiger partial charge is 0.370 e. The summed E-state index contributed by atoms with van der Waals surface area (Å²) in [6.45, 7) is 3.09. The highest BCUT2D eigenvalue weighted by Crippen LogP contribution is 2.43. The van der Waals surface area contributed by atoms with Crippen LogP contribution in [-0.4, -0.2) is 23.7 Å². The zero-order valence-electron chi connectivity index (χ0n) is 10.1. The fourth-order valence-corrected chi connectivity index (χ4v) is 3.62. The molecule has 17 heavy (non-hydrogen) atoms. The van der Waals surface area contributed by atoms with E-state index in [-0.39, 0.29) is 4.93 Å². The fraction of sp³-hybridized carbons (Fsp3) is 0.571. The lowest BCUT2D eigenvalue weighted by Gasteiger charge is -2.37. The van der Waals surface area contributed by atoms with Crippen LogP contribution >= 0.6 is 11.8 Å². The molecule has 3 heteroatoms. The van der Waals surface area contributed by atoms with Crippen LogP contribution in [0.1, 0.15) is 26.2 Å². The SMILES string of the molecule is CC1(Sc2ccccc2)CCC[C@@H]([C@@H]2CO2)O1. The molecule has 0 spiro atoms. The lowest BCUT2D eigenvalue weighted by atomic mass is 10.0. The van der Waals surface area contributed by atoms with Gasteiger partial charge in [0, 0.05) is 4.90 Å². The summed E-state index contributed by atoms with van der Waals surface area (Å²) in [6.07, 6.45) is 4.18. The van der Waals surface area contributed by atoms with Crippen molar-refractivity contribution in [3.05, 3.63) is 30.3 Å². The van der Waals surface area contributed by atoms with Crippen molar-refractivity contribution >= 4 is 11.8 Å². The van der Waals surface area contributed by atoms with Gasteiger partial charge in [0.05, 0.1) is 12.7 Å². The molecule has 92 valence electrons. The molecule has 2 aliphatic rings. The van der Waals surface area contributed by atoms with Gasteiger partial charge in [0.15, 0.2) is 0 Å². The van der Waals surface area contributed by atoms with E-state index in [1.54, 1.807) is 0 Å². The van der Waals surface area contributed by atoms with Gasteiger partial charge in [0.1, 0.15) is 11.0 Å². The molecule has 0 aliphatic carbocycles. The van der Waals surface area contributed by atoms with Crippen molar-refractivity contribution in [2.24, 2.45) is 0 Å². The minimum Gasteiger partial charge on any atom is -0.370 e. The average Bonchev–Trinajstić information content (AvgIpc) is 3.13. The topological polar surface area (TPSA) is 21.8 Å². The van der Waals surface area contributed by atoms with Crippen LogP contribution in [0.2, 0.25) is 0 Å². The third kappa shape index (κ3) is 2.84. The minimum absolute atomic E-state index is 0.0871. The van der Waals surface area contributed by atoms with Crippen LogP contribution in [0.4, 0.5) is 0 Å². The van der Waals surface area contributed by atoms with E-state index in [9.17, 15) is 0 Å². The number of thioether (sulfide) groups is 1. The van der Waals surface area contributed by atoms with Gasteiger partial charge < -0.3 is 9.47 Å². The summed E-state index contributed by atoms with van der Waals surface area (Å²) >= 11 is 1.84. The number of ether oxygens (including phenoxy) is 2. The Kier molecular flexibility index (Phi) is 3.16. The van der Waals surface area contributed by atoms with Crippen LogP contribution in [0.15, 0.2) is 35.2 Å². The summed E-state index contributed by atoms with van der Waals surface area (Å²) in [6, 6.07) is 10.5. The summed E-state index contributed by atoms with van der Waals surface area (Å²) in [5.74, 6) is 0. The Balaban J connectivity index is 1.67. The molecule has 3 atom stereocenters. The third-order valence-corrected chi connectivity index (χ3v) is 4.61. The van der Waals surface area contributed by atoms with Gasteiger partial charge in [0.25, 0.3) is 0 Å². The standard InChI is InChI=1S/C14H18O2S/c1-14(17-11-6-3-2-4-7-11)9-5-8-12(16-14)13-10-15-13/h2-4,6-7,12-13H,5,8-10H2,1H3/t12-,13-,14?/m0/s1. The second-order valence-electron chi connectivity index (χ2n) is 4.97. The predicted molar refractivity (Wildman–Crippen MR) is 69.2 cm³/mol. The first-order valence-corrected chi connectivity index (χ1v) is 7.10. The number of rotatable bonds is 3. The van der Waals surface area contributed by atoms with Crippen LogP contribution in [0, 0.1) is 0 Å². The molecular weight excluding hydrogens is 232 g/mol. The van der Waals surface area contributed by atoms with Crippen molar-refractivity contribution < 1.29 is 9.47 Å². The molecule has 1 aromatic rings. The molecular formula is C14H18O2S. The normalized spacial score (nSPS) is 36.8. The Morgan fingerprint density at radius 2 is 2.00 bits per heavy atom. The maximum absolute atomic E-state index is 6.24. The zero-order chi connectivity index (χ0) is 11.7. The van der Waals surface area contributed by atoms with Crippen molar-refractivity contribution in [2.45, 2.75) is 48.2 Å². The first-order valence-electron chi connectivity index (χ1n) is 6.29. The molecule has 2 fully saturated rings. The maximum atomic E-state index is 6.24. The number of hydrogen-bond acceptors (Lipinski definition) is 3. The second-order valence-corrected chi connectivity index (χ2v) is 6.51. The summed E-state index contributed by atoms with van der Waals surface area (Å²) in [5, 5.41) is 0. The summed E-state index contributed by atoms with van der Waals surface area (Å²) < 4.78 is 11.6. The summed E-state index contributed by atoms with van der Waals surface area (Å²) in [7, 11) is 0. The van der Waals surface area contributed by atoms with E-state index in [0.717, 1.165) is 19.4 Å². The summed E-state index contributed by atoms with van der Waals surface area (Å²) in [4.78, 5) is 1.20. The maximum Gasteiger partial charge on any atom is 0.115 e. The van der Waals surface area contributed by atoms with Gasteiger partial charge >= 0.3 is 0 Å². The Morgan fingerprint density at radius 3 is 2.71 bits per heavy atom. The third-order valence-electron chi connectivity index (χ3n) is 3.37. The van der Waals surface area contributed by atoms with Gasteiger partial charge in [-0.3, -0.25) is 0 Å². The van der Waals surface area contributed by atoms with Gasteiger partial charge in [-0.2, -0.15) is 0 Å². The molecule has 1 unspecified atom stereocenters. The zero-order valence-corrected chi connectivity index (χ0v) is 10.9. The highest BCUT2D eigenvalue weighted by atomic mass is 32.2. The molecule has 0 aromatic heterocycles. The summed E-state index contributed by atoms with van der Waals surface area (Å²) in [5.41, 5.74) is 0. The average molecular weight is 250 g/mol. The van der Waals surface area contributed by atoms with Gasteiger partial charge in [-0.05, 0) is 38.3 Å². The van der Waals surface area contributed by atoms with E-state index in [1.165, 1.54) is 11.3 Å². The van der Waals surface area contributed by atoms with Gasteiger partial charge in [-0.25, -0.2) is 0 Å². The van der Waals surface area contributed by atoms with Crippen molar-refractivity contribution in [1.82, 2.24) is 0 Å². The Hall–Kier alpha value is -0.510. The number of hydrogen-bond donors (Lipinski definition) is 0. The Labute approximate surface area is 107 Å². The molecule has 2 saturated heterocycles. The van der Waals surface area contributed by atoms with Gasteiger partial charge in [-0.1, -0.05) is 30.0 Å². The highest BCUT2D eigenvalue weighted by molar-refractivity contribution is 8.00. The van der Waals surface area contributed by atoms with Crippen molar-refractivity contribution in [2.75, 3.05) is 6.61 Å². The minimum atomic E-state index is -0.0871. The molecule has 0 N–H and O–H groups in total. The predicted octanol–water partition coefficient (Wildman–Crippen LogP) is 3.46. The second kappa shape index (κ2) is 4.63. The highest BCUT2D eigenvalue weighted by Gasteiger charge is 2.42. The monoisotopic (exact) mass is 250 g/mol. The smallest absolute Gasteiger partial charge is 0.115 e. The van der Waals surface area contributed by atoms with Crippen LogP contribution < -0.4 is 0 Å². The fourth-order valence-electron chi connectivity index (χ4n) is 2.41. The molecule has 0 bridgehead atoms. The van der Waals surface area contributed by atoms with Crippen molar-refractivity contribution in [3.8, 4) is 0 Å². The first-order chi connectivity index (χ1) is 8.25. The van der Waals surface area contributed by atoms with Gasteiger partial charge in [0.2, 0.25) is 0 Å². The van der Waals surface area contributed by atoms with Gasteiger partial charge in [-0.15, -0.1) is 0 Å². The molecule has 0 radical (unpaired) electrons. The first kappa shape index (κ1) is 11.6. The number of benzene rings is 1. The van der Waals surface area contributed by atoms with Crippen LogP contribution in [0.3, 0.4) is 0 Å². The molecule has 0 amide bonds. The molecule has 1 aromatic carbocycles. The van der Waals surface area contributed by atoms with Crippen LogP contribution in [-0.2, 0) is 9.47 Å². The molecule has 0 saturated carbocycles. The van der Waals surface area contributed by atoms with Crippen LogP contribution in [0.5, 0.6) is 0 Å². The quantitative estimate of drug-likeness (QED) is 0.767. The van der Waals surface area contributed by atoms with E-state index in [4.69, 9.17) is 9.47 Å². The van der Waals surface area contributed by atoms with E-state index in [0.29, 0.717) is 12.2 Å². The molecule has 3 rings (SSSR count). The molecule has 2 nitrogen and oxygen atoms in total. The lowest BCUT2D eigenvalue weighted by Crippen LogP contribution is -2.37. The molecule has 2 heterocycles. The van der Waals surface area contributed by atoms with E-state index in [1.807, 2.05) is 11.8 Å². The Morgan fingerprint density at radius 1 is 1.24 bits per heavy atom. The Bertz CT molecular complexity index is 377. The molecule has 2 aliphatic heterocycles. The van der Waals surface area contributed by atoms with Crippen molar-refractivity contribution in [3.63, 3.8) is 0 Å². The van der Waals surface area contributed by atoms with E-state index >= 15 is 0 Å². The van der Waals surface area contributed by atoms with Crippen molar-refractivity contribution in [1.29, 1.82) is 0 Å². The van der Waals surface area contributed by atoms with E-state index < -0.39 is 0 Å².